The molecular formula is C12H19N3O6S. The molecule has 0 radical (unpaired) electrons. The normalized spacial score (nSPS) is 12.4. The number of hydrogen-bond acceptors (Lipinski definition) is 5. The first-order valence-electron chi connectivity index (χ1n) is 6.40. The van der Waals surface area contributed by atoms with Gasteiger partial charge in [0.15, 0.2) is 4.90 Å². The van der Waals surface area contributed by atoms with E-state index in [2.05, 4.69) is 4.72 Å². The molecule has 22 heavy (non-hydrogen) atoms. The third-order valence-corrected chi connectivity index (χ3v) is 4.76. The lowest BCUT2D eigenvalue weighted by atomic mass is 10.0. The first-order chi connectivity index (χ1) is 9.87. The summed E-state index contributed by atoms with van der Waals surface area (Å²) in [5.41, 5.74) is -2.64. The van der Waals surface area contributed by atoms with Gasteiger partial charge in [0, 0.05) is 32.3 Å². The standard InChI is InChI=1S/C12H19N3O6S/c1-12(2,6-5-9(16)17)13-22(20,21)8-7-14(3)11(19)15(4)10(8)18/h7,13H,5-6H2,1-4H3,(H,16,17). The molecule has 0 amide bonds. The van der Waals surface area contributed by atoms with Crippen LogP contribution in [0.5, 0.6) is 0 Å². The fraction of sp³-hybridized carbons (Fsp3) is 0.583. The Bertz CT molecular complexity index is 803. The van der Waals surface area contributed by atoms with Crippen molar-refractivity contribution < 1.29 is 18.3 Å². The molecule has 0 aliphatic carbocycles. The second kappa shape index (κ2) is 6.05. The second-order valence-corrected chi connectivity index (χ2v) is 7.28. The van der Waals surface area contributed by atoms with E-state index in [0.717, 1.165) is 10.8 Å². The monoisotopic (exact) mass is 333 g/mol. The van der Waals surface area contributed by atoms with Crippen LogP contribution in [0.25, 0.3) is 0 Å². The van der Waals surface area contributed by atoms with Crippen molar-refractivity contribution in [2.45, 2.75) is 37.1 Å². The molecule has 0 fully saturated rings. The molecule has 124 valence electrons. The summed E-state index contributed by atoms with van der Waals surface area (Å²) in [6, 6.07) is 0. The Labute approximate surface area is 127 Å². The molecule has 0 saturated carbocycles. The van der Waals surface area contributed by atoms with E-state index in [9.17, 15) is 22.8 Å². The summed E-state index contributed by atoms with van der Waals surface area (Å²) in [4.78, 5) is 33.6. The quantitative estimate of drug-likeness (QED) is 0.688. The molecule has 0 aromatic carbocycles. The van der Waals surface area contributed by atoms with Crippen molar-refractivity contribution in [2.75, 3.05) is 0 Å². The molecule has 0 atom stereocenters. The van der Waals surface area contributed by atoms with Gasteiger partial charge in [0.2, 0.25) is 10.0 Å². The minimum absolute atomic E-state index is 0.0492. The number of carboxylic acids is 1. The number of hydrogen-bond donors (Lipinski definition) is 2. The van der Waals surface area contributed by atoms with Crippen molar-refractivity contribution in [3.8, 4) is 0 Å². The molecule has 1 aromatic heterocycles. The van der Waals surface area contributed by atoms with Gasteiger partial charge in [-0.05, 0) is 20.3 Å². The molecular weight excluding hydrogens is 314 g/mol. The second-order valence-electron chi connectivity index (χ2n) is 5.63. The van der Waals surface area contributed by atoms with Crippen LogP contribution in [0.15, 0.2) is 20.7 Å². The van der Waals surface area contributed by atoms with E-state index < -0.39 is 37.7 Å². The summed E-state index contributed by atoms with van der Waals surface area (Å²) in [5.74, 6) is -1.05. The summed E-state index contributed by atoms with van der Waals surface area (Å²) in [7, 11) is -1.68. The van der Waals surface area contributed by atoms with E-state index >= 15 is 0 Å². The minimum atomic E-state index is -4.19. The highest BCUT2D eigenvalue weighted by Gasteiger charge is 2.29. The number of aliphatic carboxylic acids is 1. The average Bonchev–Trinajstić information content (AvgIpc) is 2.37. The summed E-state index contributed by atoms with van der Waals surface area (Å²) in [6.45, 7) is 3.03. The Hall–Kier alpha value is -1.94. The number of carbonyl (C=O) groups is 1. The number of nitrogens with zero attached hydrogens (tertiary/aromatic N) is 2. The highest BCUT2D eigenvalue weighted by molar-refractivity contribution is 7.89. The third-order valence-electron chi connectivity index (χ3n) is 3.08. The van der Waals surface area contributed by atoms with Crippen LogP contribution in [0.2, 0.25) is 0 Å². The molecule has 2 N–H and O–H groups in total. The molecule has 0 aliphatic rings. The fourth-order valence-corrected chi connectivity index (χ4v) is 3.45. The molecule has 0 saturated heterocycles. The van der Waals surface area contributed by atoms with Crippen LogP contribution in [0.4, 0.5) is 0 Å². The van der Waals surface area contributed by atoms with Gasteiger partial charge < -0.3 is 9.67 Å². The first-order valence-corrected chi connectivity index (χ1v) is 7.88. The fourth-order valence-electron chi connectivity index (χ4n) is 1.85. The maximum absolute atomic E-state index is 12.3. The Morgan fingerprint density at radius 2 is 1.86 bits per heavy atom. The van der Waals surface area contributed by atoms with Crippen LogP contribution in [-0.2, 0) is 28.9 Å². The molecule has 9 nitrogen and oxygen atoms in total. The van der Waals surface area contributed by atoms with E-state index in [1.165, 1.54) is 27.9 Å². The van der Waals surface area contributed by atoms with E-state index in [-0.39, 0.29) is 12.8 Å². The van der Waals surface area contributed by atoms with Gasteiger partial charge in [0.25, 0.3) is 5.56 Å². The molecule has 0 aliphatic heterocycles. The smallest absolute Gasteiger partial charge is 0.330 e. The van der Waals surface area contributed by atoms with Crippen LogP contribution >= 0.6 is 0 Å². The number of carboxylic acid groups (broad SMARTS) is 1. The highest BCUT2D eigenvalue weighted by atomic mass is 32.2. The number of nitrogens with one attached hydrogen (secondary N) is 1. The number of sulfonamides is 1. The molecule has 1 aromatic rings. The average molecular weight is 333 g/mol. The first kappa shape index (κ1) is 18.1. The van der Waals surface area contributed by atoms with Crippen molar-refractivity contribution in [1.82, 2.24) is 13.9 Å². The Balaban J connectivity index is 3.24. The van der Waals surface area contributed by atoms with Gasteiger partial charge in [-0.15, -0.1) is 0 Å². The topological polar surface area (TPSA) is 127 Å². The number of rotatable bonds is 6. The Morgan fingerprint density at radius 3 is 2.36 bits per heavy atom. The Kier molecular flexibility index (Phi) is 4.98. The maximum Gasteiger partial charge on any atom is 0.330 e. The van der Waals surface area contributed by atoms with Gasteiger partial charge in [-0.1, -0.05) is 0 Å². The zero-order valence-corrected chi connectivity index (χ0v) is 13.6. The maximum atomic E-state index is 12.3. The van der Waals surface area contributed by atoms with E-state index in [0.29, 0.717) is 4.57 Å². The van der Waals surface area contributed by atoms with Crippen LogP contribution in [0.3, 0.4) is 0 Å². The van der Waals surface area contributed by atoms with Crippen LogP contribution in [-0.4, -0.2) is 34.2 Å². The predicted molar refractivity (Wildman–Crippen MR) is 78.2 cm³/mol. The van der Waals surface area contributed by atoms with Gasteiger partial charge in [0.05, 0.1) is 0 Å². The van der Waals surface area contributed by atoms with Gasteiger partial charge in [-0.3, -0.25) is 14.2 Å². The van der Waals surface area contributed by atoms with Crippen molar-refractivity contribution in [1.29, 1.82) is 0 Å². The number of aromatic nitrogens is 2. The Morgan fingerprint density at radius 1 is 1.32 bits per heavy atom. The van der Waals surface area contributed by atoms with Gasteiger partial charge >= 0.3 is 11.7 Å². The van der Waals surface area contributed by atoms with E-state index in [1.54, 1.807) is 0 Å². The van der Waals surface area contributed by atoms with Crippen molar-refractivity contribution in [3.05, 3.63) is 27.0 Å². The lowest BCUT2D eigenvalue weighted by Gasteiger charge is -2.25. The van der Waals surface area contributed by atoms with Gasteiger partial charge in [0.1, 0.15) is 0 Å². The van der Waals surface area contributed by atoms with Gasteiger partial charge in [-0.25, -0.2) is 17.9 Å². The van der Waals surface area contributed by atoms with Gasteiger partial charge in [-0.2, -0.15) is 0 Å². The molecule has 0 unspecified atom stereocenters. The zero-order valence-electron chi connectivity index (χ0n) is 12.8. The lowest BCUT2D eigenvalue weighted by molar-refractivity contribution is -0.137. The predicted octanol–water partition coefficient (Wildman–Crippen LogP) is -0.994. The summed E-state index contributed by atoms with van der Waals surface area (Å²) < 4.78 is 28.7. The van der Waals surface area contributed by atoms with Crippen LogP contribution in [0, 0.1) is 0 Å². The van der Waals surface area contributed by atoms with Crippen LogP contribution < -0.4 is 16.0 Å². The molecule has 1 rings (SSSR count). The van der Waals surface area contributed by atoms with Crippen molar-refractivity contribution in [3.63, 3.8) is 0 Å². The number of aryl methyl sites for hydroxylation is 1. The van der Waals surface area contributed by atoms with E-state index in [1.807, 2.05) is 0 Å². The summed E-state index contributed by atoms with van der Waals surface area (Å²) in [5, 5.41) is 8.67. The third kappa shape index (κ3) is 4.04. The largest absolute Gasteiger partial charge is 0.481 e. The molecule has 0 spiro atoms. The molecule has 1 heterocycles. The van der Waals surface area contributed by atoms with Crippen molar-refractivity contribution >= 4 is 16.0 Å². The van der Waals surface area contributed by atoms with E-state index in [4.69, 9.17) is 5.11 Å². The minimum Gasteiger partial charge on any atom is -0.481 e. The zero-order chi connectivity index (χ0) is 17.3. The molecule has 0 bridgehead atoms. The SMILES string of the molecule is Cn1cc(S(=O)(=O)NC(C)(C)CCC(=O)O)c(=O)n(C)c1=O. The summed E-state index contributed by atoms with van der Waals surface area (Å²) in [6.07, 6.45) is 0.773. The molecule has 10 heteroatoms. The van der Waals surface area contributed by atoms with Crippen LogP contribution in [0.1, 0.15) is 26.7 Å². The highest BCUT2D eigenvalue weighted by Crippen LogP contribution is 2.15. The lowest BCUT2D eigenvalue weighted by Crippen LogP contribution is -2.47. The van der Waals surface area contributed by atoms with Crippen molar-refractivity contribution in [2.24, 2.45) is 14.1 Å². The summed E-state index contributed by atoms with van der Waals surface area (Å²) >= 11 is 0.